The summed E-state index contributed by atoms with van der Waals surface area (Å²) in [6.07, 6.45) is 0.0651. The summed E-state index contributed by atoms with van der Waals surface area (Å²) >= 11 is 0. The molecule has 0 spiro atoms. The van der Waals surface area contributed by atoms with Crippen LogP contribution in [0.3, 0.4) is 0 Å². The molecule has 5 rings (SSSR count). The van der Waals surface area contributed by atoms with Gasteiger partial charge in [0.15, 0.2) is 0 Å². The molecule has 0 aliphatic carbocycles. The molecule has 0 saturated carbocycles. The minimum atomic E-state index is -4.07. The smallest absolute Gasteiger partial charge is 0.264 e. The molecule has 0 saturated heterocycles. The van der Waals surface area contributed by atoms with Crippen molar-refractivity contribution in [2.24, 2.45) is 0 Å². The topological polar surface area (TPSA) is 92.5 Å². The van der Waals surface area contributed by atoms with Crippen molar-refractivity contribution < 1.29 is 17.7 Å². The maximum absolute atomic E-state index is 14.1. The number of carbonyl (C=O) groups excluding carboxylic acids is 1. The molecule has 0 bridgehead atoms. The molecule has 1 heterocycles. The average molecular weight is 594 g/mol. The third kappa shape index (κ3) is 6.54. The van der Waals surface area contributed by atoms with E-state index in [1.54, 1.807) is 43.0 Å². The molecule has 1 atom stereocenters. The van der Waals surface area contributed by atoms with Gasteiger partial charge in [-0.25, -0.2) is 13.1 Å². The van der Waals surface area contributed by atoms with Gasteiger partial charge in [0, 0.05) is 29.6 Å². The lowest BCUT2D eigenvalue weighted by molar-refractivity contribution is -0.119. The maximum Gasteiger partial charge on any atom is 0.264 e. The minimum absolute atomic E-state index is 0.0651. The molecule has 43 heavy (non-hydrogen) atoms. The van der Waals surface area contributed by atoms with Gasteiger partial charge >= 0.3 is 0 Å². The van der Waals surface area contributed by atoms with Crippen molar-refractivity contribution in [2.45, 2.75) is 51.0 Å². The van der Waals surface area contributed by atoms with Gasteiger partial charge in [0.2, 0.25) is 11.8 Å². The number of nitrogens with zero attached hydrogens (tertiary/aromatic N) is 2. The second-order valence-electron chi connectivity index (χ2n) is 10.8. The van der Waals surface area contributed by atoms with Gasteiger partial charge in [0.1, 0.15) is 0 Å². The Morgan fingerprint density at radius 1 is 0.814 bits per heavy atom. The number of carbonyl (C=O) groups is 1. The molecule has 0 radical (unpaired) electrons. The zero-order valence-electron chi connectivity index (χ0n) is 24.7. The molecular weight excluding hydrogens is 558 g/mol. The number of amides is 1. The number of aromatic nitrogens is 1. The number of benzene rings is 4. The summed E-state index contributed by atoms with van der Waals surface area (Å²) in [4.78, 5) is 16.0. The Morgan fingerprint density at radius 2 is 1.40 bits per heavy atom. The average Bonchev–Trinajstić information content (AvgIpc) is 3.32. The molecular formula is C35H35N3O4S. The third-order valence-corrected chi connectivity index (χ3v) is 8.99. The number of rotatable bonds is 10. The van der Waals surface area contributed by atoms with Crippen LogP contribution < -0.4 is 9.62 Å². The summed E-state index contributed by atoms with van der Waals surface area (Å²) in [7, 11) is -4.07. The van der Waals surface area contributed by atoms with Gasteiger partial charge in [-0.05, 0) is 68.1 Å². The van der Waals surface area contributed by atoms with Crippen molar-refractivity contribution in [2.75, 3.05) is 9.62 Å². The Balaban J connectivity index is 1.50. The third-order valence-electron chi connectivity index (χ3n) is 7.59. The zero-order valence-corrected chi connectivity index (χ0v) is 25.5. The van der Waals surface area contributed by atoms with Gasteiger partial charge in [-0.2, -0.15) is 0 Å². The fourth-order valence-corrected chi connectivity index (χ4v) is 6.56. The number of sulfonamides is 1. The van der Waals surface area contributed by atoms with Crippen molar-refractivity contribution in [3.05, 3.63) is 132 Å². The van der Waals surface area contributed by atoms with Crippen molar-refractivity contribution in [3.63, 3.8) is 0 Å². The molecule has 220 valence electrons. The van der Waals surface area contributed by atoms with Crippen molar-refractivity contribution >= 4 is 27.5 Å². The lowest BCUT2D eigenvalue weighted by Crippen LogP contribution is -2.38. The highest BCUT2D eigenvalue weighted by Gasteiger charge is 2.30. The fourth-order valence-electron chi connectivity index (χ4n) is 5.24. The van der Waals surface area contributed by atoms with Crippen LogP contribution in [-0.4, -0.2) is 25.5 Å². The first-order chi connectivity index (χ1) is 20.7. The fraction of sp³-hybridized carbons (Fsp3) is 0.200. The zero-order chi connectivity index (χ0) is 30.6. The van der Waals surface area contributed by atoms with Gasteiger partial charge in [-0.1, -0.05) is 96.2 Å². The Morgan fingerprint density at radius 3 is 2.00 bits per heavy atom. The SMILES string of the molecule is Cc1noc(NS(=O)(=O)c2ccccc2C(CC(=O)N(c2ccc(-c3ccccc3)cc2)C(C)C)c2ccccc2)c1C. The predicted octanol–water partition coefficient (Wildman–Crippen LogP) is 7.72. The molecule has 1 unspecified atom stereocenters. The van der Waals surface area contributed by atoms with Crippen LogP contribution >= 0.6 is 0 Å². The Kier molecular flexibility index (Phi) is 8.78. The Hall–Kier alpha value is -4.69. The second-order valence-corrected chi connectivity index (χ2v) is 12.5. The van der Waals surface area contributed by atoms with E-state index in [9.17, 15) is 13.2 Å². The summed E-state index contributed by atoms with van der Waals surface area (Å²) in [6, 6.07) is 34.2. The van der Waals surface area contributed by atoms with E-state index in [0.29, 0.717) is 16.8 Å². The van der Waals surface area contributed by atoms with Crippen LogP contribution in [0.1, 0.15) is 48.6 Å². The minimum Gasteiger partial charge on any atom is -0.337 e. The molecule has 0 aliphatic rings. The molecule has 7 nitrogen and oxygen atoms in total. The first kappa shape index (κ1) is 29.8. The highest BCUT2D eigenvalue weighted by molar-refractivity contribution is 7.92. The standard InChI is InChI=1S/C35H35N3O4S/c1-24(2)38(30-21-19-28(20-22-30)27-13-7-5-8-14-27)34(39)23-32(29-15-9-6-10-16-29)31-17-11-12-18-33(31)43(40,41)37-35-25(3)26(4)36-42-35/h5-22,24,32,37H,23H2,1-4H3. The summed E-state index contributed by atoms with van der Waals surface area (Å²) in [5.41, 5.74) is 5.52. The van der Waals surface area contributed by atoms with E-state index in [2.05, 4.69) is 22.0 Å². The molecule has 5 aromatic rings. The quantitative estimate of drug-likeness (QED) is 0.179. The van der Waals surface area contributed by atoms with Crippen LogP contribution in [-0.2, 0) is 14.8 Å². The number of hydrogen-bond acceptors (Lipinski definition) is 5. The van der Waals surface area contributed by atoms with Crippen LogP contribution in [0.25, 0.3) is 11.1 Å². The number of aryl methyl sites for hydroxylation is 1. The normalized spacial score (nSPS) is 12.2. The Labute approximate surface area is 253 Å². The summed E-state index contributed by atoms with van der Waals surface area (Å²) in [5.74, 6) is -0.563. The van der Waals surface area contributed by atoms with Gasteiger partial charge in [-0.15, -0.1) is 0 Å². The van der Waals surface area contributed by atoms with E-state index in [4.69, 9.17) is 4.52 Å². The van der Waals surface area contributed by atoms with Crippen LogP contribution in [0.5, 0.6) is 0 Å². The van der Waals surface area contributed by atoms with Gasteiger partial charge in [0.05, 0.1) is 10.6 Å². The highest BCUT2D eigenvalue weighted by Crippen LogP contribution is 2.35. The first-order valence-electron chi connectivity index (χ1n) is 14.2. The van der Waals surface area contributed by atoms with Gasteiger partial charge in [0.25, 0.3) is 10.0 Å². The molecule has 0 fully saturated rings. The van der Waals surface area contributed by atoms with E-state index in [1.807, 2.05) is 86.6 Å². The van der Waals surface area contributed by atoms with Crippen molar-refractivity contribution in [1.82, 2.24) is 5.16 Å². The largest absolute Gasteiger partial charge is 0.337 e. The lowest BCUT2D eigenvalue weighted by Gasteiger charge is -2.30. The molecule has 4 aromatic carbocycles. The molecule has 8 heteroatoms. The lowest BCUT2D eigenvalue weighted by atomic mass is 9.87. The van der Waals surface area contributed by atoms with Crippen LogP contribution in [0.4, 0.5) is 11.6 Å². The van der Waals surface area contributed by atoms with E-state index in [0.717, 1.165) is 22.4 Å². The molecule has 1 aromatic heterocycles. The number of nitrogens with one attached hydrogen (secondary N) is 1. The summed E-state index contributed by atoms with van der Waals surface area (Å²) in [6.45, 7) is 7.44. The van der Waals surface area contributed by atoms with E-state index in [1.165, 1.54) is 0 Å². The molecule has 1 N–H and O–H groups in total. The van der Waals surface area contributed by atoms with E-state index in [-0.39, 0.29) is 29.1 Å². The highest BCUT2D eigenvalue weighted by atomic mass is 32.2. The Bertz CT molecular complexity index is 1800. The number of anilines is 2. The van der Waals surface area contributed by atoms with Crippen molar-refractivity contribution in [3.8, 4) is 11.1 Å². The number of hydrogen-bond donors (Lipinski definition) is 1. The summed E-state index contributed by atoms with van der Waals surface area (Å²) in [5, 5.41) is 3.87. The van der Waals surface area contributed by atoms with Crippen LogP contribution in [0, 0.1) is 13.8 Å². The summed E-state index contributed by atoms with van der Waals surface area (Å²) < 4.78 is 35.2. The van der Waals surface area contributed by atoms with Crippen LogP contribution in [0.15, 0.2) is 119 Å². The van der Waals surface area contributed by atoms with E-state index < -0.39 is 15.9 Å². The molecule has 0 aliphatic heterocycles. The van der Waals surface area contributed by atoms with Gasteiger partial charge < -0.3 is 9.42 Å². The van der Waals surface area contributed by atoms with Crippen molar-refractivity contribution in [1.29, 1.82) is 0 Å². The predicted molar refractivity (Wildman–Crippen MR) is 171 cm³/mol. The van der Waals surface area contributed by atoms with Gasteiger partial charge in [-0.3, -0.25) is 4.79 Å². The maximum atomic E-state index is 14.1. The first-order valence-corrected chi connectivity index (χ1v) is 15.7. The van der Waals surface area contributed by atoms with E-state index >= 15 is 0 Å². The molecule has 1 amide bonds. The second kappa shape index (κ2) is 12.7. The van der Waals surface area contributed by atoms with Crippen LogP contribution in [0.2, 0.25) is 0 Å². The monoisotopic (exact) mass is 593 g/mol.